The number of fused-ring (bicyclic) bond motifs is 1. The lowest BCUT2D eigenvalue weighted by Crippen LogP contribution is -2.51. The van der Waals surface area contributed by atoms with Gasteiger partial charge in [-0.3, -0.25) is 9.69 Å². The first-order chi connectivity index (χ1) is 14.8. The molecular weight excluding hydrogens is 398 g/mol. The van der Waals surface area contributed by atoms with E-state index in [0.717, 1.165) is 42.2 Å². The van der Waals surface area contributed by atoms with E-state index in [0.29, 0.717) is 32.8 Å². The van der Waals surface area contributed by atoms with Gasteiger partial charge in [-0.15, -0.1) is 11.3 Å². The number of anilines is 1. The highest BCUT2D eigenvalue weighted by Crippen LogP contribution is 2.36. The zero-order chi connectivity index (χ0) is 20.3. The molecule has 1 amide bonds. The number of hydrogen-bond acceptors (Lipinski definition) is 7. The van der Waals surface area contributed by atoms with Crippen molar-refractivity contribution >= 4 is 33.3 Å². The van der Waals surface area contributed by atoms with Gasteiger partial charge in [-0.2, -0.15) is 0 Å². The number of carbonyl (C=O) groups excluding carboxylic acids is 1. The molecule has 30 heavy (non-hydrogen) atoms. The molecule has 0 N–H and O–H groups in total. The van der Waals surface area contributed by atoms with Gasteiger partial charge in [0.15, 0.2) is 0 Å². The van der Waals surface area contributed by atoms with Crippen LogP contribution in [0.2, 0.25) is 0 Å². The fourth-order valence-corrected chi connectivity index (χ4v) is 5.06. The molecule has 0 bridgehead atoms. The maximum atomic E-state index is 12.5. The third-order valence-electron chi connectivity index (χ3n) is 5.76. The van der Waals surface area contributed by atoms with Crippen LogP contribution in [-0.2, 0) is 9.53 Å². The van der Waals surface area contributed by atoms with Crippen LogP contribution in [0.3, 0.4) is 0 Å². The van der Waals surface area contributed by atoms with Gasteiger partial charge in [0.1, 0.15) is 17.0 Å². The molecule has 2 fully saturated rings. The molecule has 2 aliphatic heterocycles. The average Bonchev–Trinajstić information content (AvgIpc) is 3.25. The zero-order valence-electron chi connectivity index (χ0n) is 16.9. The molecule has 156 valence electrons. The lowest BCUT2D eigenvalue weighted by Gasteiger charge is -2.36. The molecule has 5 rings (SSSR count). The van der Waals surface area contributed by atoms with Crippen LogP contribution in [0.15, 0.2) is 42.7 Å². The highest BCUT2D eigenvalue weighted by Gasteiger charge is 2.24. The number of benzene rings is 1. The fourth-order valence-electron chi connectivity index (χ4n) is 4.06. The lowest BCUT2D eigenvalue weighted by atomic mass is 10.2. The van der Waals surface area contributed by atoms with Crippen molar-refractivity contribution in [3.8, 4) is 10.4 Å². The average molecular weight is 424 g/mol. The summed E-state index contributed by atoms with van der Waals surface area (Å²) in [5.74, 6) is 1.21. The molecule has 0 aliphatic carbocycles. The van der Waals surface area contributed by atoms with E-state index in [-0.39, 0.29) is 5.91 Å². The quantitative estimate of drug-likeness (QED) is 0.642. The van der Waals surface area contributed by atoms with E-state index in [1.165, 1.54) is 10.4 Å². The number of morpholine rings is 1. The predicted octanol–water partition coefficient (Wildman–Crippen LogP) is 2.34. The molecule has 0 atom stereocenters. The first-order valence-corrected chi connectivity index (χ1v) is 11.2. The zero-order valence-corrected chi connectivity index (χ0v) is 17.7. The molecule has 7 nitrogen and oxygen atoms in total. The van der Waals surface area contributed by atoms with E-state index in [1.54, 1.807) is 17.7 Å². The second kappa shape index (κ2) is 8.67. The van der Waals surface area contributed by atoms with Gasteiger partial charge in [-0.25, -0.2) is 9.97 Å². The summed E-state index contributed by atoms with van der Waals surface area (Å²) in [5.41, 5.74) is 1.21. The van der Waals surface area contributed by atoms with Gasteiger partial charge >= 0.3 is 0 Å². The van der Waals surface area contributed by atoms with Crippen molar-refractivity contribution in [2.75, 3.05) is 63.9 Å². The number of amides is 1. The number of carbonyl (C=O) groups is 1. The number of aromatic nitrogens is 2. The van der Waals surface area contributed by atoms with Crippen molar-refractivity contribution in [2.24, 2.45) is 0 Å². The molecule has 8 heteroatoms. The molecule has 2 aliphatic rings. The Morgan fingerprint density at radius 2 is 1.77 bits per heavy atom. The van der Waals surface area contributed by atoms with Gasteiger partial charge < -0.3 is 14.5 Å². The van der Waals surface area contributed by atoms with Crippen LogP contribution in [0.4, 0.5) is 5.82 Å². The predicted molar refractivity (Wildman–Crippen MR) is 119 cm³/mol. The van der Waals surface area contributed by atoms with E-state index < -0.39 is 0 Å². The topological polar surface area (TPSA) is 61.8 Å². The van der Waals surface area contributed by atoms with Gasteiger partial charge in [0, 0.05) is 44.1 Å². The Balaban J connectivity index is 1.27. The largest absolute Gasteiger partial charge is 0.378 e. The Kier molecular flexibility index (Phi) is 5.61. The second-order valence-corrected chi connectivity index (χ2v) is 8.68. The summed E-state index contributed by atoms with van der Waals surface area (Å²) >= 11 is 1.70. The van der Waals surface area contributed by atoms with E-state index in [1.807, 2.05) is 11.0 Å². The van der Waals surface area contributed by atoms with Gasteiger partial charge in [0.25, 0.3) is 0 Å². The van der Waals surface area contributed by atoms with E-state index in [4.69, 9.17) is 4.74 Å². The summed E-state index contributed by atoms with van der Waals surface area (Å²) in [6.45, 7) is 6.64. The molecule has 0 unspecified atom stereocenters. The molecule has 0 saturated carbocycles. The molecule has 2 aromatic heterocycles. The number of nitrogens with zero attached hydrogens (tertiary/aromatic N) is 5. The number of piperazine rings is 1. The van der Waals surface area contributed by atoms with Crippen LogP contribution in [0.25, 0.3) is 20.7 Å². The third kappa shape index (κ3) is 4.03. The monoisotopic (exact) mass is 423 g/mol. The molecule has 0 spiro atoms. The minimum absolute atomic E-state index is 0.210. The summed E-state index contributed by atoms with van der Waals surface area (Å²) < 4.78 is 5.34. The molecule has 3 aromatic rings. The van der Waals surface area contributed by atoms with Crippen LogP contribution < -0.4 is 4.90 Å². The molecule has 1 aromatic carbocycles. The summed E-state index contributed by atoms with van der Waals surface area (Å²) in [6, 6.07) is 12.6. The van der Waals surface area contributed by atoms with E-state index in [2.05, 4.69) is 50.1 Å². The smallest absolute Gasteiger partial charge is 0.236 e. The van der Waals surface area contributed by atoms with Crippen LogP contribution in [-0.4, -0.2) is 84.7 Å². The molecule has 0 radical (unpaired) electrons. The van der Waals surface area contributed by atoms with Gasteiger partial charge in [-0.05, 0) is 11.6 Å². The van der Waals surface area contributed by atoms with Gasteiger partial charge in [0.05, 0.1) is 25.1 Å². The molecule has 2 saturated heterocycles. The molecule has 4 heterocycles. The van der Waals surface area contributed by atoms with Gasteiger partial charge in [0.2, 0.25) is 5.91 Å². The normalized spacial score (nSPS) is 18.1. The Bertz CT molecular complexity index is 1010. The van der Waals surface area contributed by atoms with Crippen molar-refractivity contribution in [1.29, 1.82) is 0 Å². The highest BCUT2D eigenvalue weighted by molar-refractivity contribution is 7.21. The number of ether oxygens (including phenoxy) is 1. The van der Waals surface area contributed by atoms with Crippen molar-refractivity contribution < 1.29 is 9.53 Å². The number of rotatable bonds is 4. The minimum Gasteiger partial charge on any atom is -0.378 e. The number of thiophene rings is 1. The Labute approximate surface area is 179 Å². The van der Waals surface area contributed by atoms with Crippen LogP contribution in [0.1, 0.15) is 0 Å². The van der Waals surface area contributed by atoms with Crippen LogP contribution in [0, 0.1) is 0 Å². The van der Waals surface area contributed by atoms with Crippen LogP contribution >= 0.6 is 11.3 Å². The summed E-state index contributed by atoms with van der Waals surface area (Å²) in [5, 5.41) is 1.11. The Hall–Kier alpha value is -2.55. The first kappa shape index (κ1) is 19.4. The Morgan fingerprint density at radius 3 is 2.53 bits per heavy atom. The first-order valence-electron chi connectivity index (χ1n) is 10.4. The standard InChI is InChI=1S/C22H25N5O2S/c28-20(26-10-12-29-13-11-26)15-25-6-8-27(9-7-25)21-18-14-19(17-4-2-1-3-5-17)30-22(18)24-16-23-21/h1-5,14,16H,6-13,15H2. The van der Waals surface area contributed by atoms with Gasteiger partial charge in [-0.1, -0.05) is 30.3 Å². The third-order valence-corrected chi connectivity index (χ3v) is 6.85. The van der Waals surface area contributed by atoms with Crippen molar-refractivity contribution in [1.82, 2.24) is 19.8 Å². The Morgan fingerprint density at radius 1 is 1.00 bits per heavy atom. The lowest BCUT2D eigenvalue weighted by molar-refractivity contribution is -0.136. The maximum absolute atomic E-state index is 12.5. The summed E-state index contributed by atoms with van der Waals surface area (Å²) in [4.78, 5) is 30.3. The maximum Gasteiger partial charge on any atom is 0.236 e. The van der Waals surface area contributed by atoms with Crippen molar-refractivity contribution in [2.45, 2.75) is 0 Å². The summed E-state index contributed by atoms with van der Waals surface area (Å²) in [7, 11) is 0. The van der Waals surface area contributed by atoms with Crippen molar-refractivity contribution in [3.63, 3.8) is 0 Å². The SMILES string of the molecule is O=C(CN1CCN(c2ncnc3sc(-c4ccccc4)cc23)CC1)N1CCOCC1. The fraction of sp³-hybridized carbons (Fsp3) is 0.409. The van der Waals surface area contributed by atoms with Crippen molar-refractivity contribution in [3.05, 3.63) is 42.7 Å². The second-order valence-electron chi connectivity index (χ2n) is 7.65. The van der Waals surface area contributed by atoms with Crippen LogP contribution in [0.5, 0.6) is 0 Å². The van der Waals surface area contributed by atoms with E-state index in [9.17, 15) is 4.79 Å². The minimum atomic E-state index is 0.210. The number of hydrogen-bond donors (Lipinski definition) is 0. The highest BCUT2D eigenvalue weighted by atomic mass is 32.1. The van der Waals surface area contributed by atoms with E-state index >= 15 is 0 Å². The summed E-state index contributed by atoms with van der Waals surface area (Å²) in [6.07, 6.45) is 1.66. The molecular formula is C22H25N5O2S.